The Morgan fingerprint density at radius 1 is 0.476 bits per heavy atom. The summed E-state index contributed by atoms with van der Waals surface area (Å²) in [5.41, 5.74) is 5.36. The average Bonchev–Trinajstić information content (AvgIpc) is 3.27. The van der Waals surface area contributed by atoms with Crippen molar-refractivity contribution < 1.29 is 37.6 Å². The minimum atomic E-state index is -4.39. The summed E-state index contributed by atoms with van der Waals surface area (Å²) in [4.78, 5) is 35.0. The van der Waals surface area contributed by atoms with E-state index < -0.39 is 32.5 Å². The van der Waals surface area contributed by atoms with Gasteiger partial charge in [-0.15, -0.1) is 0 Å². The van der Waals surface area contributed by atoms with Gasteiger partial charge in [-0.25, -0.2) is 4.57 Å². The predicted octanol–water partition coefficient (Wildman–Crippen LogP) is 15.8. The van der Waals surface area contributed by atoms with Gasteiger partial charge in [0.15, 0.2) is 6.10 Å². The van der Waals surface area contributed by atoms with Crippen LogP contribution in [0.5, 0.6) is 0 Å². The number of ether oxygens (including phenoxy) is 2. The van der Waals surface area contributed by atoms with E-state index in [9.17, 15) is 19.0 Å². The molecule has 0 bridgehead atoms. The Hall–Kier alpha value is -2.03. The minimum Gasteiger partial charge on any atom is -0.462 e. The number of phosphoric acid groups is 1. The molecule has 0 heterocycles. The molecule has 0 aliphatic heterocycles. The number of carbonyl (C=O) groups is 2. The van der Waals surface area contributed by atoms with E-state index in [1.807, 2.05) is 0 Å². The third-order valence-electron chi connectivity index (χ3n) is 11.2. The van der Waals surface area contributed by atoms with E-state index in [1.165, 1.54) is 141 Å². The van der Waals surface area contributed by atoms with Crippen LogP contribution in [0.15, 0.2) is 48.6 Å². The summed E-state index contributed by atoms with van der Waals surface area (Å²) in [6.07, 6.45) is 58.7. The Balaban J connectivity index is 3.98. The quantitative estimate of drug-likeness (QED) is 0.0265. The molecule has 9 nitrogen and oxygen atoms in total. The van der Waals surface area contributed by atoms with Gasteiger partial charge in [0.25, 0.3) is 0 Å². The second-order valence-electron chi connectivity index (χ2n) is 17.4. The smallest absolute Gasteiger partial charge is 0.462 e. The van der Waals surface area contributed by atoms with E-state index >= 15 is 0 Å². The maximum Gasteiger partial charge on any atom is 0.472 e. The first-order valence-electron chi connectivity index (χ1n) is 26.1. The SMILES string of the molecule is CCCCC/C=C\C/C=C\CCCCCCCC(=O)OCC(COP(=O)(O)OCCN)OC(=O)CCCCCCCCCCCCCCCCC/C=C\C/C=C\CCCCCCC. The van der Waals surface area contributed by atoms with Gasteiger partial charge in [0.05, 0.1) is 13.2 Å². The third kappa shape index (κ3) is 49.2. The number of esters is 2. The fourth-order valence-corrected chi connectivity index (χ4v) is 8.05. The molecule has 0 spiro atoms. The topological polar surface area (TPSA) is 134 Å². The van der Waals surface area contributed by atoms with E-state index in [0.717, 1.165) is 64.2 Å². The number of rotatable bonds is 49. The van der Waals surface area contributed by atoms with Crippen molar-refractivity contribution in [1.29, 1.82) is 0 Å². The molecule has 2 atom stereocenters. The zero-order valence-corrected chi connectivity index (χ0v) is 41.7. The first-order chi connectivity index (χ1) is 30.8. The van der Waals surface area contributed by atoms with Gasteiger partial charge in [0.1, 0.15) is 6.61 Å². The second kappa shape index (κ2) is 49.4. The molecule has 0 aromatic carbocycles. The maximum atomic E-state index is 12.7. The first kappa shape index (κ1) is 61.0. The normalized spacial score (nSPS) is 13.5. The lowest BCUT2D eigenvalue weighted by Gasteiger charge is -2.19. The average molecular weight is 908 g/mol. The Kier molecular flexibility index (Phi) is 47.8. The Bertz CT molecular complexity index is 1170. The summed E-state index contributed by atoms with van der Waals surface area (Å²) in [7, 11) is -4.39. The molecule has 3 N–H and O–H groups in total. The maximum absolute atomic E-state index is 12.7. The van der Waals surface area contributed by atoms with Crippen LogP contribution in [0.3, 0.4) is 0 Å². The monoisotopic (exact) mass is 908 g/mol. The Morgan fingerprint density at radius 3 is 1.24 bits per heavy atom. The summed E-state index contributed by atoms with van der Waals surface area (Å²) in [5, 5.41) is 0. The van der Waals surface area contributed by atoms with Crippen LogP contribution in [0, 0.1) is 0 Å². The number of nitrogens with two attached hydrogens (primary N) is 1. The Labute approximate surface area is 387 Å². The van der Waals surface area contributed by atoms with Crippen LogP contribution in [-0.4, -0.2) is 49.3 Å². The van der Waals surface area contributed by atoms with Crippen LogP contribution in [0.2, 0.25) is 0 Å². The molecular formula is C53H98NO8P. The number of unbranched alkanes of at least 4 members (excludes halogenated alkanes) is 28. The van der Waals surface area contributed by atoms with Crippen molar-refractivity contribution in [1.82, 2.24) is 0 Å². The van der Waals surface area contributed by atoms with E-state index in [1.54, 1.807) is 0 Å². The summed E-state index contributed by atoms with van der Waals surface area (Å²) < 4.78 is 32.9. The molecule has 0 aliphatic rings. The number of hydrogen-bond donors (Lipinski definition) is 2. The van der Waals surface area contributed by atoms with Crippen LogP contribution in [0.25, 0.3) is 0 Å². The molecule has 0 aliphatic carbocycles. The third-order valence-corrected chi connectivity index (χ3v) is 12.2. The van der Waals surface area contributed by atoms with Crippen LogP contribution >= 0.6 is 7.82 Å². The molecule has 0 aromatic rings. The van der Waals surface area contributed by atoms with Gasteiger partial charge in [-0.2, -0.15) is 0 Å². The van der Waals surface area contributed by atoms with Crippen LogP contribution < -0.4 is 5.73 Å². The molecular weight excluding hydrogens is 810 g/mol. The van der Waals surface area contributed by atoms with Gasteiger partial charge < -0.3 is 20.1 Å². The van der Waals surface area contributed by atoms with Crippen molar-refractivity contribution in [2.24, 2.45) is 5.73 Å². The number of phosphoric ester groups is 1. The van der Waals surface area contributed by atoms with Crippen LogP contribution in [0.1, 0.15) is 245 Å². The van der Waals surface area contributed by atoms with Gasteiger partial charge in [0.2, 0.25) is 0 Å². The van der Waals surface area contributed by atoms with Crippen molar-refractivity contribution in [2.75, 3.05) is 26.4 Å². The molecule has 0 saturated heterocycles. The van der Waals surface area contributed by atoms with Crippen LogP contribution in [-0.2, 0) is 32.7 Å². The zero-order valence-electron chi connectivity index (χ0n) is 40.8. The summed E-state index contributed by atoms with van der Waals surface area (Å²) >= 11 is 0. The molecule has 2 unspecified atom stereocenters. The van der Waals surface area contributed by atoms with E-state index in [0.29, 0.717) is 12.8 Å². The molecule has 63 heavy (non-hydrogen) atoms. The lowest BCUT2D eigenvalue weighted by atomic mass is 10.0. The van der Waals surface area contributed by atoms with Crippen molar-refractivity contribution >= 4 is 19.8 Å². The molecule has 0 radical (unpaired) electrons. The molecule has 368 valence electrons. The van der Waals surface area contributed by atoms with Gasteiger partial charge in [-0.1, -0.05) is 204 Å². The van der Waals surface area contributed by atoms with Crippen LogP contribution in [0.4, 0.5) is 0 Å². The summed E-state index contributed by atoms with van der Waals surface area (Å²) in [5.74, 6) is -0.839. The standard InChI is InChI=1S/C53H98NO8P/c1-3-5-7-9-11-13-15-17-19-20-21-22-23-24-25-26-27-28-29-30-32-34-36-38-40-42-44-46-53(56)62-51(50-61-63(57,58)60-48-47-54)49-59-52(55)45-43-41-39-37-35-33-31-18-16-14-12-10-8-6-4-2/h12,14-15,17-18,20-21,31,51H,3-11,13,16,19,22-30,32-50,54H2,1-2H3,(H,57,58)/b14-12-,17-15-,21-20-,31-18-. The molecule has 0 aromatic heterocycles. The Morgan fingerprint density at radius 2 is 0.825 bits per heavy atom. The molecule has 0 fully saturated rings. The van der Waals surface area contributed by atoms with E-state index in [2.05, 4.69) is 62.5 Å². The second-order valence-corrected chi connectivity index (χ2v) is 18.8. The van der Waals surface area contributed by atoms with Crippen molar-refractivity contribution in [3.63, 3.8) is 0 Å². The number of hydrogen-bond acceptors (Lipinski definition) is 8. The fraction of sp³-hybridized carbons (Fsp3) is 0.811. The van der Waals surface area contributed by atoms with Gasteiger partial charge >= 0.3 is 19.8 Å². The lowest BCUT2D eigenvalue weighted by molar-refractivity contribution is -0.161. The van der Waals surface area contributed by atoms with Crippen molar-refractivity contribution in [3.8, 4) is 0 Å². The highest BCUT2D eigenvalue weighted by atomic mass is 31.2. The highest BCUT2D eigenvalue weighted by Gasteiger charge is 2.26. The first-order valence-corrected chi connectivity index (χ1v) is 27.6. The van der Waals surface area contributed by atoms with Gasteiger partial charge in [0, 0.05) is 19.4 Å². The zero-order chi connectivity index (χ0) is 46.0. The van der Waals surface area contributed by atoms with Gasteiger partial charge in [-0.05, 0) is 77.0 Å². The number of allylic oxidation sites excluding steroid dienone is 8. The minimum absolute atomic E-state index is 0.0509. The molecule has 0 rings (SSSR count). The molecule has 10 heteroatoms. The van der Waals surface area contributed by atoms with Gasteiger partial charge in [-0.3, -0.25) is 18.6 Å². The largest absolute Gasteiger partial charge is 0.472 e. The summed E-state index contributed by atoms with van der Waals surface area (Å²) in [6, 6.07) is 0. The highest BCUT2D eigenvalue weighted by molar-refractivity contribution is 7.47. The van der Waals surface area contributed by atoms with E-state index in [-0.39, 0.29) is 32.6 Å². The predicted molar refractivity (Wildman–Crippen MR) is 266 cm³/mol. The number of carbonyl (C=O) groups excluding carboxylic acids is 2. The molecule has 0 saturated carbocycles. The summed E-state index contributed by atoms with van der Waals surface area (Å²) in [6.45, 7) is 3.70. The van der Waals surface area contributed by atoms with E-state index in [4.69, 9.17) is 24.3 Å². The van der Waals surface area contributed by atoms with Crippen molar-refractivity contribution in [3.05, 3.63) is 48.6 Å². The highest BCUT2D eigenvalue weighted by Crippen LogP contribution is 2.43. The fourth-order valence-electron chi connectivity index (χ4n) is 7.28. The lowest BCUT2D eigenvalue weighted by Crippen LogP contribution is -2.29. The van der Waals surface area contributed by atoms with Crippen molar-refractivity contribution in [2.45, 2.75) is 251 Å². The molecule has 0 amide bonds.